The maximum Gasteiger partial charge on any atom is 0.317 e. The number of nitrogens with zero attached hydrogens (tertiary/aromatic N) is 2. The van der Waals surface area contributed by atoms with Crippen molar-refractivity contribution < 1.29 is 4.74 Å². The Hall–Kier alpha value is -0.250. The van der Waals surface area contributed by atoms with Crippen LogP contribution in [0.1, 0.15) is 19.0 Å². The van der Waals surface area contributed by atoms with Gasteiger partial charge in [0.1, 0.15) is 9.49 Å². The molecule has 1 aromatic rings. The maximum absolute atomic E-state index is 6.05. The van der Waals surface area contributed by atoms with Gasteiger partial charge in [-0.1, -0.05) is 18.5 Å². The zero-order valence-corrected chi connectivity index (χ0v) is 10.5. The van der Waals surface area contributed by atoms with Gasteiger partial charge < -0.3 is 4.74 Å². The average molecular weight is 268 g/mol. The SMILES string of the molecule is COc1nc(Cl)cc(C2(C)CC2(Cl)Cl)n1. The quantitative estimate of drug-likeness (QED) is 0.610. The van der Waals surface area contributed by atoms with E-state index in [4.69, 9.17) is 39.5 Å². The van der Waals surface area contributed by atoms with E-state index in [2.05, 4.69) is 9.97 Å². The standard InChI is InChI=1S/C9H9Cl3N2O/c1-8(4-9(8,11)12)5-3-6(10)14-7(13-5)15-2/h3H,4H2,1-2H3. The fourth-order valence-corrected chi connectivity index (χ4v) is 2.35. The predicted molar refractivity (Wildman–Crippen MR) is 60.0 cm³/mol. The molecule has 15 heavy (non-hydrogen) atoms. The molecule has 2 rings (SSSR count). The molecule has 3 nitrogen and oxygen atoms in total. The Morgan fingerprint density at radius 1 is 1.40 bits per heavy atom. The molecule has 0 amide bonds. The van der Waals surface area contributed by atoms with Gasteiger partial charge in [-0.05, 0) is 12.5 Å². The van der Waals surface area contributed by atoms with Crippen LogP contribution in [0.25, 0.3) is 0 Å². The number of methoxy groups -OCH3 is 1. The molecule has 1 aliphatic rings. The summed E-state index contributed by atoms with van der Waals surface area (Å²) < 4.78 is 4.17. The summed E-state index contributed by atoms with van der Waals surface area (Å²) in [5, 5.41) is 0.328. The Morgan fingerprint density at radius 2 is 2.00 bits per heavy atom. The highest BCUT2D eigenvalue weighted by Gasteiger charge is 2.65. The van der Waals surface area contributed by atoms with E-state index in [1.807, 2.05) is 6.92 Å². The Labute approximate surface area is 103 Å². The van der Waals surface area contributed by atoms with Crippen molar-refractivity contribution in [3.05, 3.63) is 16.9 Å². The largest absolute Gasteiger partial charge is 0.467 e. The third-order valence-corrected chi connectivity index (χ3v) is 3.98. The van der Waals surface area contributed by atoms with Gasteiger partial charge in [-0.3, -0.25) is 0 Å². The molecule has 1 aliphatic carbocycles. The smallest absolute Gasteiger partial charge is 0.317 e. The normalized spacial score (nSPS) is 27.5. The minimum Gasteiger partial charge on any atom is -0.467 e. The molecule has 82 valence electrons. The molecule has 0 spiro atoms. The van der Waals surface area contributed by atoms with Crippen LogP contribution in [0.3, 0.4) is 0 Å². The topological polar surface area (TPSA) is 35.0 Å². The van der Waals surface area contributed by atoms with Crippen LogP contribution in [-0.2, 0) is 5.41 Å². The van der Waals surface area contributed by atoms with E-state index in [1.54, 1.807) is 6.07 Å². The van der Waals surface area contributed by atoms with Crippen LogP contribution in [0.2, 0.25) is 5.15 Å². The minimum atomic E-state index is -0.768. The van der Waals surface area contributed by atoms with E-state index in [1.165, 1.54) is 7.11 Å². The number of hydrogen-bond acceptors (Lipinski definition) is 3. The van der Waals surface area contributed by atoms with Crippen LogP contribution in [0.15, 0.2) is 6.07 Å². The molecule has 1 unspecified atom stereocenters. The Bertz CT molecular complexity index is 410. The summed E-state index contributed by atoms with van der Waals surface area (Å²) in [7, 11) is 1.49. The lowest BCUT2D eigenvalue weighted by molar-refractivity contribution is 0.376. The molecule has 1 atom stereocenters. The van der Waals surface area contributed by atoms with E-state index >= 15 is 0 Å². The molecule has 1 heterocycles. The van der Waals surface area contributed by atoms with Gasteiger partial charge in [0, 0.05) is 5.41 Å². The van der Waals surface area contributed by atoms with Crippen molar-refractivity contribution in [3.63, 3.8) is 0 Å². The monoisotopic (exact) mass is 266 g/mol. The number of rotatable bonds is 2. The lowest BCUT2D eigenvalue weighted by Crippen LogP contribution is -2.13. The first-order valence-electron chi connectivity index (χ1n) is 4.36. The van der Waals surface area contributed by atoms with Gasteiger partial charge in [-0.2, -0.15) is 9.97 Å². The molecule has 0 saturated heterocycles. The van der Waals surface area contributed by atoms with Crippen molar-refractivity contribution in [1.82, 2.24) is 9.97 Å². The first-order valence-corrected chi connectivity index (χ1v) is 5.49. The second-order valence-electron chi connectivity index (χ2n) is 3.78. The van der Waals surface area contributed by atoms with Gasteiger partial charge in [0.05, 0.1) is 12.8 Å². The highest BCUT2D eigenvalue weighted by Crippen LogP contribution is 2.64. The van der Waals surface area contributed by atoms with Crippen LogP contribution in [0.5, 0.6) is 6.01 Å². The third kappa shape index (κ3) is 1.77. The van der Waals surface area contributed by atoms with Crippen molar-refractivity contribution in [2.75, 3.05) is 7.11 Å². The van der Waals surface area contributed by atoms with Crippen molar-refractivity contribution in [3.8, 4) is 6.01 Å². The first-order chi connectivity index (χ1) is 6.89. The Kier molecular flexibility index (Phi) is 2.53. The summed E-state index contributed by atoms with van der Waals surface area (Å²) in [5.74, 6) is 0. The van der Waals surface area contributed by atoms with E-state index in [-0.39, 0.29) is 11.4 Å². The van der Waals surface area contributed by atoms with Crippen LogP contribution in [0, 0.1) is 0 Å². The van der Waals surface area contributed by atoms with Gasteiger partial charge >= 0.3 is 6.01 Å². The van der Waals surface area contributed by atoms with Crippen molar-refractivity contribution in [2.24, 2.45) is 0 Å². The van der Waals surface area contributed by atoms with Crippen LogP contribution in [0.4, 0.5) is 0 Å². The molecule has 1 aromatic heterocycles. The maximum atomic E-state index is 6.05. The lowest BCUT2D eigenvalue weighted by Gasteiger charge is -2.12. The van der Waals surface area contributed by atoms with E-state index in [0.29, 0.717) is 17.3 Å². The molecule has 0 aromatic carbocycles. The van der Waals surface area contributed by atoms with E-state index in [9.17, 15) is 0 Å². The predicted octanol–water partition coefficient (Wildman–Crippen LogP) is 2.97. The molecule has 6 heteroatoms. The molecular weight excluding hydrogens is 258 g/mol. The first kappa shape index (κ1) is 11.2. The van der Waals surface area contributed by atoms with Gasteiger partial charge in [0.15, 0.2) is 0 Å². The lowest BCUT2D eigenvalue weighted by atomic mass is 10.1. The summed E-state index contributed by atoms with van der Waals surface area (Å²) >= 11 is 17.9. The second kappa shape index (κ2) is 3.37. The van der Waals surface area contributed by atoms with Gasteiger partial charge in [-0.25, -0.2) is 0 Å². The zero-order chi connectivity index (χ0) is 11.3. The Balaban J connectivity index is 2.42. The number of alkyl halides is 2. The van der Waals surface area contributed by atoms with Crippen LogP contribution >= 0.6 is 34.8 Å². The molecular formula is C9H9Cl3N2O. The summed E-state index contributed by atoms with van der Waals surface area (Å²) in [4.78, 5) is 8.08. The zero-order valence-electron chi connectivity index (χ0n) is 8.22. The molecule has 0 bridgehead atoms. The van der Waals surface area contributed by atoms with Crippen molar-refractivity contribution in [1.29, 1.82) is 0 Å². The summed E-state index contributed by atoms with van der Waals surface area (Å²) in [6.07, 6.45) is 0.652. The molecule has 0 N–H and O–H groups in total. The number of ether oxygens (including phenoxy) is 1. The van der Waals surface area contributed by atoms with E-state index < -0.39 is 4.33 Å². The fourth-order valence-electron chi connectivity index (χ4n) is 1.45. The highest BCUT2D eigenvalue weighted by molar-refractivity contribution is 6.52. The van der Waals surface area contributed by atoms with Crippen LogP contribution in [-0.4, -0.2) is 21.4 Å². The average Bonchev–Trinajstić information content (AvgIpc) is 2.66. The van der Waals surface area contributed by atoms with E-state index in [0.717, 1.165) is 0 Å². The molecule has 0 aliphatic heterocycles. The number of halogens is 3. The summed E-state index contributed by atoms with van der Waals surface area (Å²) in [5.41, 5.74) is 0.347. The number of hydrogen-bond donors (Lipinski definition) is 0. The van der Waals surface area contributed by atoms with Gasteiger partial charge in [0.2, 0.25) is 0 Å². The molecule has 0 radical (unpaired) electrons. The molecule has 1 fully saturated rings. The van der Waals surface area contributed by atoms with Crippen molar-refractivity contribution >= 4 is 34.8 Å². The minimum absolute atomic E-state index is 0.231. The second-order valence-corrected chi connectivity index (χ2v) is 5.65. The van der Waals surface area contributed by atoms with Crippen molar-refractivity contribution in [2.45, 2.75) is 23.1 Å². The Morgan fingerprint density at radius 3 is 2.47 bits per heavy atom. The summed E-state index contributed by atoms with van der Waals surface area (Å²) in [6, 6.07) is 1.89. The van der Waals surface area contributed by atoms with Gasteiger partial charge in [-0.15, -0.1) is 23.2 Å². The summed E-state index contributed by atoms with van der Waals surface area (Å²) in [6.45, 7) is 1.94. The van der Waals surface area contributed by atoms with Gasteiger partial charge in [0.25, 0.3) is 0 Å². The third-order valence-electron chi connectivity index (χ3n) is 2.68. The highest BCUT2D eigenvalue weighted by atomic mass is 35.5. The van der Waals surface area contributed by atoms with Crippen LogP contribution < -0.4 is 4.74 Å². The molecule has 1 saturated carbocycles. The number of aromatic nitrogens is 2. The fraction of sp³-hybridized carbons (Fsp3) is 0.556.